The number of nitrogens with one attached hydrogen (secondary N) is 1. The van der Waals surface area contributed by atoms with Gasteiger partial charge in [-0.05, 0) is 49.4 Å². The maximum absolute atomic E-state index is 11.7. The Labute approximate surface area is 255 Å². The second-order valence-electron chi connectivity index (χ2n) is 10.8. The molecule has 3 aromatic carbocycles. The van der Waals surface area contributed by atoms with Crippen molar-refractivity contribution in [2.45, 2.75) is 85.6 Å². The number of hydrogen-bond donors (Lipinski definition) is 1. The van der Waals surface area contributed by atoms with E-state index in [2.05, 4.69) is 88.6 Å². The number of hydrogen-bond acceptors (Lipinski definition) is 2. The van der Waals surface area contributed by atoms with Crippen molar-refractivity contribution in [2.24, 2.45) is 0 Å². The van der Waals surface area contributed by atoms with Crippen molar-refractivity contribution < 1.29 is 9.59 Å². The van der Waals surface area contributed by atoms with E-state index in [0.29, 0.717) is 0 Å². The first-order valence-corrected chi connectivity index (χ1v) is 15.0. The number of aryl methyl sites for hydroxylation is 2. The summed E-state index contributed by atoms with van der Waals surface area (Å²) in [5, 5.41) is 2.84. The molecule has 0 radical (unpaired) electrons. The molecule has 226 valence electrons. The second-order valence-corrected chi connectivity index (χ2v) is 10.8. The van der Waals surface area contributed by atoms with Gasteiger partial charge in [-0.3, -0.25) is 4.79 Å². The van der Waals surface area contributed by atoms with Crippen LogP contribution in [0.5, 0.6) is 0 Å². The van der Waals surface area contributed by atoms with Crippen LogP contribution in [0.15, 0.2) is 104 Å². The number of carbonyl (C=O) groups excluding carboxylic acids is 2. The zero-order valence-corrected chi connectivity index (χ0v) is 27.2. The zero-order chi connectivity index (χ0) is 31.7. The molecule has 1 spiro atoms. The first-order chi connectivity index (χ1) is 20.0. The number of Topliss-reactive ketones (excluding diaryl/α,β-unsaturated/α-hetero) is 1. The average molecular weight is 569 g/mol. The largest absolute Gasteiger partial charge is 0.322 e. The minimum absolute atomic E-state index is 0.0381. The highest BCUT2D eigenvalue weighted by Gasteiger charge is 2.50. The maximum Gasteiger partial charge on any atom is 0.322 e. The highest BCUT2D eigenvalue weighted by atomic mass is 16.2. The quantitative estimate of drug-likeness (QED) is 0.320. The topological polar surface area (TPSA) is 49.4 Å². The first-order valence-electron chi connectivity index (χ1n) is 15.0. The Bertz CT molecular complexity index is 1270. The molecule has 1 aliphatic heterocycles. The summed E-state index contributed by atoms with van der Waals surface area (Å²) in [5.74, 6) is 0.257. The standard InChI is InChI=1S/C14H16N2O.C10H12O.C8H10.C3H8.C3H6/c1-9-4-5-11-7-14(8-12(11)6-9)10(2)15-13(17)16(14)3;1-8(9(2)11)10-6-4-3-5-7-10;1-2-8-6-4-3-5-7-8;2*1-3-2/h4-6H,2,7-8H2,1,3H3,(H,15,17);3-8H,1-2H3;3-7H,2H2,1H3;3H2,1-2H3;3H,1H2,2H3. The lowest BCUT2D eigenvalue weighted by Gasteiger charge is -2.30. The molecule has 0 saturated carbocycles. The van der Waals surface area contributed by atoms with Gasteiger partial charge in [-0.1, -0.05) is 131 Å². The smallest absolute Gasteiger partial charge is 0.316 e. The molecule has 0 bridgehead atoms. The summed E-state index contributed by atoms with van der Waals surface area (Å²) >= 11 is 0. The molecular weight excluding hydrogens is 516 g/mol. The van der Waals surface area contributed by atoms with Crippen LogP contribution in [0.2, 0.25) is 0 Å². The molecule has 0 aromatic heterocycles. The van der Waals surface area contributed by atoms with E-state index in [1.165, 1.54) is 28.7 Å². The molecule has 5 rings (SSSR count). The van der Waals surface area contributed by atoms with Crippen LogP contribution < -0.4 is 5.32 Å². The van der Waals surface area contributed by atoms with E-state index < -0.39 is 0 Å². The Morgan fingerprint density at radius 2 is 1.48 bits per heavy atom. The van der Waals surface area contributed by atoms with Crippen LogP contribution in [0.3, 0.4) is 0 Å². The van der Waals surface area contributed by atoms with Gasteiger partial charge in [-0.25, -0.2) is 4.79 Å². The summed E-state index contributed by atoms with van der Waals surface area (Å²) in [4.78, 5) is 24.5. The van der Waals surface area contributed by atoms with Gasteiger partial charge in [0.1, 0.15) is 5.78 Å². The molecule has 4 heteroatoms. The van der Waals surface area contributed by atoms with Crippen LogP contribution in [0, 0.1) is 6.92 Å². The number of ketones is 1. The molecule has 1 aliphatic carbocycles. The van der Waals surface area contributed by atoms with Crippen molar-refractivity contribution in [3.63, 3.8) is 0 Å². The third kappa shape index (κ3) is 10.5. The van der Waals surface area contributed by atoms with Crippen molar-refractivity contribution in [3.05, 3.63) is 132 Å². The average Bonchev–Trinajstić information content (AvgIpc) is 3.47. The number of allylic oxidation sites excluding steroid dienone is 1. The minimum atomic E-state index is -0.243. The Balaban J connectivity index is 0.000000305. The molecule has 2 aliphatic rings. The van der Waals surface area contributed by atoms with Gasteiger partial charge in [0.2, 0.25) is 0 Å². The third-order valence-corrected chi connectivity index (χ3v) is 7.25. The molecule has 2 amide bonds. The van der Waals surface area contributed by atoms with E-state index in [0.717, 1.165) is 30.5 Å². The van der Waals surface area contributed by atoms with Crippen molar-refractivity contribution in [1.82, 2.24) is 10.2 Å². The molecule has 2 atom stereocenters. The van der Waals surface area contributed by atoms with E-state index in [9.17, 15) is 9.59 Å². The number of carbonyl (C=O) groups is 2. The number of benzene rings is 3. The molecule has 4 nitrogen and oxygen atoms in total. The molecule has 2 unspecified atom stereocenters. The van der Waals surface area contributed by atoms with Crippen molar-refractivity contribution in [2.75, 3.05) is 7.05 Å². The fraction of sp³-hybridized carbons (Fsp3) is 0.368. The predicted molar refractivity (Wildman–Crippen MR) is 180 cm³/mol. The minimum Gasteiger partial charge on any atom is -0.316 e. The summed E-state index contributed by atoms with van der Waals surface area (Å²) in [7, 11) is 1.85. The van der Waals surface area contributed by atoms with Crippen LogP contribution >= 0.6 is 0 Å². The van der Waals surface area contributed by atoms with Gasteiger partial charge in [0.05, 0.1) is 5.54 Å². The lowest BCUT2D eigenvalue weighted by Crippen LogP contribution is -2.44. The van der Waals surface area contributed by atoms with E-state index >= 15 is 0 Å². The Hall–Kier alpha value is -3.92. The van der Waals surface area contributed by atoms with Gasteiger partial charge in [0.15, 0.2) is 0 Å². The van der Waals surface area contributed by atoms with Gasteiger partial charge in [-0.15, -0.1) is 6.58 Å². The lowest BCUT2D eigenvalue weighted by molar-refractivity contribution is -0.118. The molecule has 1 N–H and O–H groups in total. The number of rotatable bonds is 3. The summed E-state index contributed by atoms with van der Waals surface area (Å²) in [6.07, 6.45) is 5.88. The highest BCUT2D eigenvalue weighted by Crippen LogP contribution is 2.41. The fourth-order valence-electron chi connectivity index (χ4n) is 4.65. The van der Waals surface area contributed by atoms with Crippen molar-refractivity contribution >= 4 is 11.8 Å². The molecule has 1 heterocycles. The van der Waals surface area contributed by atoms with Crippen LogP contribution in [-0.4, -0.2) is 29.3 Å². The molecule has 42 heavy (non-hydrogen) atoms. The van der Waals surface area contributed by atoms with Crippen LogP contribution in [0.1, 0.15) is 81.7 Å². The summed E-state index contributed by atoms with van der Waals surface area (Å²) < 4.78 is 0. The van der Waals surface area contributed by atoms with E-state index in [1.807, 2.05) is 57.3 Å². The van der Waals surface area contributed by atoms with Gasteiger partial charge >= 0.3 is 6.03 Å². The molecular formula is C38H52N2O2. The van der Waals surface area contributed by atoms with E-state index in [1.54, 1.807) is 17.9 Å². The number of nitrogens with zero attached hydrogens (tertiary/aromatic N) is 1. The fourth-order valence-corrected chi connectivity index (χ4v) is 4.65. The molecule has 1 saturated heterocycles. The normalized spacial score (nSPS) is 16.5. The van der Waals surface area contributed by atoms with Crippen molar-refractivity contribution in [1.29, 1.82) is 0 Å². The Morgan fingerprint density at radius 1 is 0.976 bits per heavy atom. The number of fused-ring (bicyclic) bond motifs is 1. The number of amides is 2. The van der Waals surface area contributed by atoms with Gasteiger partial charge in [-0.2, -0.15) is 0 Å². The monoisotopic (exact) mass is 568 g/mol. The zero-order valence-electron chi connectivity index (χ0n) is 27.2. The summed E-state index contributed by atoms with van der Waals surface area (Å²) in [5.41, 5.74) is 7.04. The van der Waals surface area contributed by atoms with Gasteiger partial charge < -0.3 is 10.2 Å². The number of urea groups is 1. The van der Waals surface area contributed by atoms with Crippen LogP contribution in [0.25, 0.3) is 0 Å². The van der Waals surface area contributed by atoms with E-state index in [-0.39, 0.29) is 23.3 Å². The first kappa shape index (κ1) is 36.1. The molecule has 3 aromatic rings. The molecule has 1 fully saturated rings. The Morgan fingerprint density at radius 3 is 1.90 bits per heavy atom. The SMILES string of the molecule is C=C1NC(=O)N(C)C12Cc1ccc(C)cc1C2.C=CC.CC(=O)C(C)c1ccccc1.CCC.CCc1ccccc1. The summed E-state index contributed by atoms with van der Waals surface area (Å²) in [6.45, 7) is 21.3. The predicted octanol–water partition coefficient (Wildman–Crippen LogP) is 9.24. The second kappa shape index (κ2) is 18.5. The maximum atomic E-state index is 11.7. The Kier molecular flexibility index (Phi) is 15.9. The van der Waals surface area contributed by atoms with Crippen LogP contribution in [0.4, 0.5) is 4.79 Å². The lowest BCUT2D eigenvalue weighted by atomic mass is 9.92. The summed E-state index contributed by atoms with van der Waals surface area (Å²) in [6, 6.07) is 26.7. The van der Waals surface area contributed by atoms with Gasteiger partial charge in [0.25, 0.3) is 0 Å². The van der Waals surface area contributed by atoms with Crippen LogP contribution in [-0.2, 0) is 24.1 Å². The van der Waals surface area contributed by atoms with E-state index in [4.69, 9.17) is 0 Å². The third-order valence-electron chi connectivity index (χ3n) is 7.25. The van der Waals surface area contributed by atoms with Crippen molar-refractivity contribution in [3.8, 4) is 0 Å². The number of likely N-dealkylation sites (N-methyl/N-ethyl adjacent to an activating group) is 1. The highest BCUT2D eigenvalue weighted by molar-refractivity contribution is 5.83. The van der Waals surface area contributed by atoms with Gasteiger partial charge in [0, 0.05) is 31.5 Å².